The first-order chi connectivity index (χ1) is 16.8. The molecule has 3 nitrogen and oxygen atoms in total. The summed E-state index contributed by atoms with van der Waals surface area (Å²) in [4.78, 5) is 9.41. The van der Waals surface area contributed by atoms with Gasteiger partial charge in [-0.15, -0.1) is 0 Å². The van der Waals surface area contributed by atoms with Crippen molar-refractivity contribution in [1.82, 2.24) is 4.98 Å². The molecule has 0 bridgehead atoms. The van der Waals surface area contributed by atoms with Crippen LogP contribution in [0.1, 0.15) is 5.56 Å². The first kappa shape index (κ1) is 20.3. The highest BCUT2D eigenvalue weighted by atomic mass is 32.2. The van der Waals surface area contributed by atoms with Gasteiger partial charge in [0, 0.05) is 27.1 Å². The smallest absolute Gasteiger partial charge is 0.101 e. The van der Waals surface area contributed by atoms with E-state index in [1.807, 2.05) is 30.0 Å². The Bertz CT molecular complexity index is 1500. The summed E-state index contributed by atoms with van der Waals surface area (Å²) >= 11 is 1.81. The Labute approximate surface area is 203 Å². The Morgan fingerprint density at radius 2 is 1.15 bits per heavy atom. The number of nitriles is 1. The third kappa shape index (κ3) is 3.44. The molecule has 0 saturated carbocycles. The second-order valence-electron chi connectivity index (χ2n) is 7.98. The third-order valence-corrected chi connectivity index (χ3v) is 7.09. The van der Waals surface area contributed by atoms with Crippen LogP contribution in [-0.4, -0.2) is 4.98 Å². The van der Waals surface area contributed by atoms with Crippen molar-refractivity contribution in [3.05, 3.63) is 121 Å². The molecule has 0 spiro atoms. The molecular weight excluding hydrogens is 434 g/mol. The van der Waals surface area contributed by atoms with Crippen LogP contribution >= 0.6 is 11.8 Å². The Balaban J connectivity index is 1.57. The molecule has 1 aliphatic rings. The number of rotatable bonds is 3. The maximum Gasteiger partial charge on any atom is 0.101 e. The van der Waals surface area contributed by atoms with Crippen LogP contribution in [0.5, 0.6) is 0 Å². The van der Waals surface area contributed by atoms with E-state index in [1.54, 1.807) is 6.20 Å². The summed E-state index contributed by atoms with van der Waals surface area (Å²) in [7, 11) is 0. The summed E-state index contributed by atoms with van der Waals surface area (Å²) in [5.74, 6) is 0. The van der Waals surface area contributed by atoms with Gasteiger partial charge in [0.05, 0.1) is 28.3 Å². The lowest BCUT2D eigenvalue weighted by molar-refractivity contribution is 1.17. The zero-order valence-electron chi connectivity index (χ0n) is 18.2. The van der Waals surface area contributed by atoms with Crippen LogP contribution in [-0.2, 0) is 0 Å². The average Bonchev–Trinajstić information content (AvgIpc) is 2.92. The number of aromatic nitrogens is 1. The van der Waals surface area contributed by atoms with Gasteiger partial charge in [-0.1, -0.05) is 78.5 Å². The highest BCUT2D eigenvalue weighted by molar-refractivity contribution is 7.99. The molecule has 1 aliphatic heterocycles. The van der Waals surface area contributed by atoms with E-state index in [-0.39, 0.29) is 0 Å². The monoisotopic (exact) mass is 453 g/mol. The van der Waals surface area contributed by atoms with E-state index in [1.165, 1.54) is 21.2 Å². The number of nitrogens with zero attached hydrogens (tertiary/aromatic N) is 3. The summed E-state index contributed by atoms with van der Waals surface area (Å²) in [6.07, 6.45) is 1.63. The number of pyridine rings is 1. The summed E-state index contributed by atoms with van der Waals surface area (Å²) < 4.78 is 0. The number of hydrogen-bond donors (Lipinski definition) is 0. The molecule has 4 heteroatoms. The molecule has 6 rings (SSSR count). The van der Waals surface area contributed by atoms with Crippen molar-refractivity contribution in [1.29, 1.82) is 5.26 Å². The Hall–Kier alpha value is -4.33. The number of fused-ring (bicyclic) bond motifs is 2. The highest BCUT2D eigenvalue weighted by Gasteiger charge is 2.26. The van der Waals surface area contributed by atoms with Crippen LogP contribution < -0.4 is 4.90 Å². The molecule has 0 radical (unpaired) electrons. The lowest BCUT2D eigenvalue weighted by atomic mass is 9.95. The van der Waals surface area contributed by atoms with Crippen LogP contribution in [0.3, 0.4) is 0 Å². The maximum absolute atomic E-state index is 9.18. The van der Waals surface area contributed by atoms with Gasteiger partial charge in [0.15, 0.2) is 0 Å². The minimum absolute atomic E-state index is 0.556. The van der Waals surface area contributed by atoms with Crippen LogP contribution in [0, 0.1) is 11.3 Å². The van der Waals surface area contributed by atoms with E-state index in [9.17, 15) is 5.26 Å². The van der Waals surface area contributed by atoms with Gasteiger partial charge in [-0.2, -0.15) is 5.26 Å². The predicted molar refractivity (Wildman–Crippen MR) is 139 cm³/mol. The molecule has 160 valence electrons. The lowest BCUT2D eigenvalue weighted by Crippen LogP contribution is -2.15. The van der Waals surface area contributed by atoms with Crippen molar-refractivity contribution >= 4 is 28.8 Å². The Kier molecular flexibility index (Phi) is 5.10. The van der Waals surface area contributed by atoms with Crippen LogP contribution in [0.4, 0.5) is 17.1 Å². The van der Waals surface area contributed by atoms with E-state index in [0.717, 1.165) is 28.1 Å². The van der Waals surface area contributed by atoms with Gasteiger partial charge in [-0.3, -0.25) is 4.98 Å². The standard InChI is InChI=1S/C30H19N3S/c31-19-21-17-18-25(32-20-21)23-10-2-1-9-22(23)24-11-3-4-12-26(24)33-27-13-5-7-15-29(27)34-30-16-8-6-14-28(30)33/h1-18,20H. The lowest BCUT2D eigenvalue weighted by Gasteiger charge is -2.34. The van der Waals surface area contributed by atoms with Gasteiger partial charge in [-0.05, 0) is 48.0 Å². The molecule has 4 aromatic carbocycles. The molecule has 5 aromatic rings. The molecule has 0 amide bonds. The van der Waals surface area contributed by atoms with Gasteiger partial charge < -0.3 is 4.90 Å². The van der Waals surface area contributed by atoms with Crippen LogP contribution in [0.25, 0.3) is 22.4 Å². The molecule has 0 saturated heterocycles. The zero-order valence-corrected chi connectivity index (χ0v) is 19.0. The van der Waals surface area contributed by atoms with E-state index in [2.05, 4.69) is 107 Å². The third-order valence-electron chi connectivity index (χ3n) is 5.96. The highest BCUT2D eigenvalue weighted by Crippen LogP contribution is 2.53. The first-order valence-electron chi connectivity index (χ1n) is 11.0. The quantitative estimate of drug-likeness (QED) is 0.271. The average molecular weight is 454 g/mol. The molecule has 0 unspecified atom stereocenters. The fourth-order valence-electron chi connectivity index (χ4n) is 4.42. The second kappa shape index (κ2) is 8.55. The Morgan fingerprint density at radius 3 is 1.76 bits per heavy atom. The summed E-state index contributed by atoms with van der Waals surface area (Å²) in [6, 6.07) is 39.8. The molecule has 2 heterocycles. The van der Waals surface area contributed by atoms with E-state index in [4.69, 9.17) is 0 Å². The molecular formula is C30H19N3S. The topological polar surface area (TPSA) is 39.9 Å². The van der Waals surface area contributed by atoms with Crippen molar-refractivity contribution in [3.63, 3.8) is 0 Å². The molecule has 0 fully saturated rings. The molecule has 1 aromatic heterocycles. The van der Waals surface area contributed by atoms with Gasteiger partial charge >= 0.3 is 0 Å². The number of hydrogen-bond acceptors (Lipinski definition) is 4. The summed E-state index contributed by atoms with van der Waals surface area (Å²) in [5, 5.41) is 9.18. The number of benzene rings is 4. The largest absolute Gasteiger partial charge is 0.308 e. The predicted octanol–water partition coefficient (Wildman–Crippen LogP) is 8.22. The van der Waals surface area contributed by atoms with Gasteiger partial charge in [0.1, 0.15) is 6.07 Å². The minimum atomic E-state index is 0.556. The normalized spacial score (nSPS) is 11.9. The molecule has 0 aliphatic carbocycles. The maximum atomic E-state index is 9.18. The zero-order chi connectivity index (χ0) is 22.9. The molecule has 0 atom stereocenters. The van der Waals surface area contributed by atoms with Gasteiger partial charge in [0.2, 0.25) is 0 Å². The first-order valence-corrected chi connectivity index (χ1v) is 11.9. The van der Waals surface area contributed by atoms with Gasteiger partial charge in [0.25, 0.3) is 0 Å². The van der Waals surface area contributed by atoms with Crippen molar-refractivity contribution in [2.45, 2.75) is 9.79 Å². The molecule has 34 heavy (non-hydrogen) atoms. The number of anilines is 3. The van der Waals surface area contributed by atoms with Crippen LogP contribution in [0.15, 0.2) is 125 Å². The van der Waals surface area contributed by atoms with Crippen molar-refractivity contribution < 1.29 is 0 Å². The van der Waals surface area contributed by atoms with Crippen molar-refractivity contribution in [3.8, 4) is 28.5 Å². The summed E-state index contributed by atoms with van der Waals surface area (Å²) in [6.45, 7) is 0. The fraction of sp³-hybridized carbons (Fsp3) is 0. The SMILES string of the molecule is N#Cc1ccc(-c2ccccc2-c2ccccc2N2c3ccccc3Sc3ccccc32)nc1. The summed E-state index contributed by atoms with van der Waals surface area (Å²) in [5.41, 5.74) is 8.13. The van der Waals surface area contributed by atoms with Crippen molar-refractivity contribution in [2.24, 2.45) is 0 Å². The molecule has 0 N–H and O–H groups in total. The van der Waals surface area contributed by atoms with Crippen LogP contribution in [0.2, 0.25) is 0 Å². The van der Waals surface area contributed by atoms with E-state index >= 15 is 0 Å². The number of para-hydroxylation sites is 3. The van der Waals surface area contributed by atoms with Gasteiger partial charge in [-0.25, -0.2) is 0 Å². The fourth-order valence-corrected chi connectivity index (χ4v) is 5.48. The Morgan fingerprint density at radius 1 is 0.588 bits per heavy atom. The van der Waals surface area contributed by atoms with E-state index in [0.29, 0.717) is 5.56 Å². The second-order valence-corrected chi connectivity index (χ2v) is 9.06. The van der Waals surface area contributed by atoms with E-state index < -0.39 is 0 Å². The van der Waals surface area contributed by atoms with Crippen molar-refractivity contribution in [2.75, 3.05) is 4.90 Å². The minimum Gasteiger partial charge on any atom is -0.308 e.